The van der Waals surface area contributed by atoms with E-state index in [2.05, 4.69) is 4.74 Å². The topological polar surface area (TPSA) is 113 Å². The Bertz CT molecular complexity index is 519. The summed E-state index contributed by atoms with van der Waals surface area (Å²) in [5.41, 5.74) is -0.212. The highest BCUT2D eigenvalue weighted by molar-refractivity contribution is 5.94. The van der Waals surface area contributed by atoms with Crippen LogP contribution in [0.3, 0.4) is 0 Å². The smallest absolute Gasteiger partial charge is 0.344 e. The Morgan fingerprint density at radius 3 is 2.71 bits per heavy atom. The number of aliphatic hydroxyl groups excluding tert-OH is 2. The quantitative estimate of drug-likeness (QED) is 0.424. The minimum Gasteiger partial charge on any atom is -0.465 e. The van der Waals surface area contributed by atoms with Crippen LogP contribution in [0.1, 0.15) is 22.0 Å². The van der Waals surface area contributed by atoms with Gasteiger partial charge in [-0.05, 0) is 24.7 Å². The van der Waals surface area contributed by atoms with Crippen LogP contribution in [0.2, 0.25) is 0 Å². The predicted molar refractivity (Wildman–Crippen MR) is 74.0 cm³/mol. The van der Waals surface area contributed by atoms with Crippen molar-refractivity contribution in [3.05, 3.63) is 39.4 Å². The second kappa shape index (κ2) is 7.67. The fraction of sp³-hybridized carbons (Fsp3) is 0.462. The molecule has 0 bridgehead atoms. The van der Waals surface area contributed by atoms with E-state index in [1.807, 2.05) is 0 Å². The van der Waals surface area contributed by atoms with E-state index in [1.165, 1.54) is 12.1 Å². The summed E-state index contributed by atoms with van der Waals surface area (Å²) in [5.74, 6) is -0.834. The number of carbonyl (C=O) groups excluding carboxylic acids is 1. The lowest BCUT2D eigenvalue weighted by Crippen LogP contribution is -2.27. The molecule has 0 radical (unpaired) electrons. The Morgan fingerprint density at radius 2 is 2.19 bits per heavy atom. The van der Waals surface area contributed by atoms with Gasteiger partial charge in [-0.1, -0.05) is 0 Å². The Morgan fingerprint density at radius 1 is 1.52 bits per heavy atom. The number of benzene rings is 1. The average molecular weight is 298 g/mol. The molecule has 2 N–H and O–H groups in total. The van der Waals surface area contributed by atoms with Gasteiger partial charge in [-0.3, -0.25) is 10.1 Å². The molecule has 0 aromatic heterocycles. The molecule has 1 rings (SSSR count). The molecule has 0 saturated heterocycles. The number of rotatable bonds is 7. The number of likely N-dealkylation sites (N-methyl/N-ethyl adjacent to an activating group) is 1. The monoisotopic (exact) mass is 298 g/mol. The zero-order chi connectivity index (χ0) is 16.0. The van der Waals surface area contributed by atoms with Crippen molar-refractivity contribution in [1.82, 2.24) is 4.90 Å². The van der Waals surface area contributed by atoms with Crippen LogP contribution < -0.4 is 0 Å². The van der Waals surface area contributed by atoms with Crippen molar-refractivity contribution in [3.8, 4) is 0 Å². The normalized spacial score (nSPS) is 12.2. The molecule has 0 fully saturated rings. The first kappa shape index (κ1) is 17.0. The number of esters is 1. The van der Waals surface area contributed by atoms with E-state index in [0.717, 1.165) is 13.2 Å². The molecule has 1 aromatic rings. The van der Waals surface area contributed by atoms with Gasteiger partial charge in [0.15, 0.2) is 0 Å². The molecule has 8 nitrogen and oxygen atoms in total. The van der Waals surface area contributed by atoms with Gasteiger partial charge < -0.3 is 19.8 Å². The molecule has 1 unspecified atom stereocenters. The van der Waals surface area contributed by atoms with E-state index >= 15 is 0 Å². The van der Waals surface area contributed by atoms with Gasteiger partial charge >= 0.3 is 5.97 Å². The van der Waals surface area contributed by atoms with Gasteiger partial charge in [-0.15, -0.1) is 0 Å². The second-order valence-electron chi connectivity index (χ2n) is 4.53. The third-order valence-electron chi connectivity index (χ3n) is 2.97. The number of methoxy groups -OCH3 is 1. The molecule has 21 heavy (non-hydrogen) atoms. The zero-order valence-electron chi connectivity index (χ0n) is 11.9. The minimum absolute atomic E-state index is 0.0447. The van der Waals surface area contributed by atoms with Crippen LogP contribution in [0.15, 0.2) is 18.2 Å². The maximum Gasteiger partial charge on any atom is 0.344 e. The van der Waals surface area contributed by atoms with E-state index in [9.17, 15) is 20.0 Å². The summed E-state index contributed by atoms with van der Waals surface area (Å²) < 4.78 is 4.51. The number of carbonyl (C=O) groups is 1. The van der Waals surface area contributed by atoms with Crippen LogP contribution >= 0.6 is 0 Å². The molecular formula is C13H18N2O6. The van der Waals surface area contributed by atoms with Crippen molar-refractivity contribution in [2.45, 2.75) is 6.10 Å². The molecule has 1 atom stereocenters. The number of aliphatic hydroxyl groups is 2. The minimum atomic E-state index is -0.939. The molecule has 0 aliphatic carbocycles. The fourth-order valence-corrected chi connectivity index (χ4v) is 1.86. The standard InChI is InChI=1S/C13H18N2O6/c1-14(5-6-16)8-12(17)9-3-4-11(15(19)20)10(7-9)13(18)21-2/h3-4,7,12,16-17H,5-6,8H2,1-2H3. The lowest BCUT2D eigenvalue weighted by atomic mass is 10.0. The molecule has 116 valence electrons. The van der Waals surface area contributed by atoms with Gasteiger partial charge in [-0.25, -0.2) is 4.79 Å². The summed E-state index contributed by atoms with van der Waals surface area (Å²) in [6, 6.07) is 3.81. The van der Waals surface area contributed by atoms with Gasteiger partial charge in [0.2, 0.25) is 0 Å². The maximum atomic E-state index is 11.6. The van der Waals surface area contributed by atoms with Gasteiger partial charge in [0.05, 0.1) is 24.7 Å². The fourth-order valence-electron chi connectivity index (χ4n) is 1.86. The van der Waals surface area contributed by atoms with E-state index in [0.29, 0.717) is 12.1 Å². The SMILES string of the molecule is COC(=O)c1cc(C(O)CN(C)CCO)ccc1[N+](=O)[O-]. The van der Waals surface area contributed by atoms with Crippen molar-refractivity contribution < 1.29 is 24.7 Å². The molecular weight excluding hydrogens is 280 g/mol. The van der Waals surface area contributed by atoms with E-state index in [4.69, 9.17) is 5.11 Å². The van der Waals surface area contributed by atoms with E-state index < -0.39 is 17.0 Å². The third-order valence-corrected chi connectivity index (χ3v) is 2.97. The van der Waals surface area contributed by atoms with Crippen LogP contribution in [0.25, 0.3) is 0 Å². The highest BCUT2D eigenvalue weighted by Crippen LogP contribution is 2.24. The zero-order valence-corrected chi connectivity index (χ0v) is 11.9. The molecule has 0 aliphatic heterocycles. The van der Waals surface area contributed by atoms with Crippen LogP contribution in [0.4, 0.5) is 5.69 Å². The summed E-state index contributed by atoms with van der Waals surface area (Å²) in [7, 11) is 2.84. The summed E-state index contributed by atoms with van der Waals surface area (Å²) in [4.78, 5) is 23.5. The number of nitrogens with zero attached hydrogens (tertiary/aromatic N) is 2. The predicted octanol–water partition coefficient (Wildman–Crippen LogP) is 0.339. The average Bonchev–Trinajstić information content (AvgIpc) is 2.45. The summed E-state index contributed by atoms with van der Waals surface area (Å²) >= 11 is 0. The highest BCUT2D eigenvalue weighted by atomic mass is 16.6. The number of hydrogen-bond donors (Lipinski definition) is 2. The molecule has 0 aliphatic rings. The molecule has 0 amide bonds. The summed E-state index contributed by atoms with van der Waals surface area (Å²) in [6.07, 6.45) is -0.939. The lowest BCUT2D eigenvalue weighted by molar-refractivity contribution is -0.385. The molecule has 1 aromatic carbocycles. The number of ether oxygens (including phenoxy) is 1. The molecule has 0 saturated carbocycles. The second-order valence-corrected chi connectivity index (χ2v) is 4.53. The van der Waals surface area contributed by atoms with Crippen molar-refractivity contribution in [2.75, 3.05) is 33.9 Å². The Labute approximate surface area is 121 Å². The van der Waals surface area contributed by atoms with Crippen LogP contribution in [0.5, 0.6) is 0 Å². The van der Waals surface area contributed by atoms with Crippen molar-refractivity contribution in [2.24, 2.45) is 0 Å². The van der Waals surface area contributed by atoms with E-state index in [1.54, 1.807) is 11.9 Å². The van der Waals surface area contributed by atoms with Gasteiger partial charge in [-0.2, -0.15) is 0 Å². The van der Waals surface area contributed by atoms with Gasteiger partial charge in [0.25, 0.3) is 5.69 Å². The van der Waals surface area contributed by atoms with Gasteiger partial charge in [0, 0.05) is 19.2 Å². The first-order valence-electron chi connectivity index (χ1n) is 6.24. The van der Waals surface area contributed by atoms with Gasteiger partial charge in [0.1, 0.15) is 5.56 Å². The third kappa shape index (κ3) is 4.48. The van der Waals surface area contributed by atoms with Crippen molar-refractivity contribution in [3.63, 3.8) is 0 Å². The van der Waals surface area contributed by atoms with Crippen molar-refractivity contribution >= 4 is 11.7 Å². The largest absolute Gasteiger partial charge is 0.465 e. The van der Waals surface area contributed by atoms with Crippen LogP contribution in [0, 0.1) is 10.1 Å². The number of hydrogen-bond acceptors (Lipinski definition) is 7. The molecule has 0 heterocycles. The first-order chi connectivity index (χ1) is 9.90. The summed E-state index contributed by atoms with van der Waals surface area (Å²) in [6.45, 7) is 0.559. The van der Waals surface area contributed by atoms with Crippen molar-refractivity contribution in [1.29, 1.82) is 0 Å². The van der Waals surface area contributed by atoms with Crippen LogP contribution in [-0.4, -0.2) is 59.9 Å². The van der Waals surface area contributed by atoms with E-state index in [-0.39, 0.29) is 24.4 Å². The molecule has 8 heteroatoms. The van der Waals surface area contributed by atoms with Crippen LogP contribution in [-0.2, 0) is 4.74 Å². The Hall–Kier alpha value is -2.03. The molecule has 0 spiro atoms. The number of nitro groups is 1. The lowest BCUT2D eigenvalue weighted by Gasteiger charge is -2.20. The maximum absolute atomic E-state index is 11.6. The first-order valence-corrected chi connectivity index (χ1v) is 6.24. The Kier molecular flexibility index (Phi) is 6.22. The Balaban J connectivity index is 3.04. The highest BCUT2D eigenvalue weighted by Gasteiger charge is 2.23. The summed E-state index contributed by atoms with van der Waals surface area (Å²) in [5, 5.41) is 29.8. The number of nitro benzene ring substituents is 1.